The van der Waals surface area contributed by atoms with Gasteiger partial charge in [0.25, 0.3) is 0 Å². The summed E-state index contributed by atoms with van der Waals surface area (Å²) in [7, 11) is 0. The predicted molar refractivity (Wildman–Crippen MR) is 68.6 cm³/mol. The first kappa shape index (κ1) is 11.9. The van der Waals surface area contributed by atoms with Crippen molar-refractivity contribution in [2.75, 3.05) is 39.3 Å². The van der Waals surface area contributed by atoms with Crippen molar-refractivity contribution in [2.24, 2.45) is 0 Å². The fourth-order valence-electron chi connectivity index (χ4n) is 2.73. The summed E-state index contributed by atoms with van der Waals surface area (Å²) in [5.74, 6) is 0.691. The maximum absolute atomic E-state index is 13.9. The molecule has 0 unspecified atom stereocenters. The van der Waals surface area contributed by atoms with Crippen molar-refractivity contribution >= 4 is 0 Å². The highest BCUT2D eigenvalue weighted by Gasteiger charge is 2.20. The zero-order valence-electron chi connectivity index (χ0n) is 10.5. The molecule has 0 bridgehead atoms. The van der Waals surface area contributed by atoms with Gasteiger partial charge in [0.2, 0.25) is 0 Å². The van der Waals surface area contributed by atoms with Gasteiger partial charge in [-0.3, -0.25) is 0 Å². The quantitative estimate of drug-likeness (QED) is 0.872. The largest absolute Gasteiger partial charge is 0.493 e. The third-order valence-electron chi connectivity index (χ3n) is 3.79. The number of piperazine rings is 1. The van der Waals surface area contributed by atoms with Crippen molar-refractivity contribution < 1.29 is 9.13 Å². The van der Waals surface area contributed by atoms with Crippen LogP contribution in [0.5, 0.6) is 5.75 Å². The fraction of sp³-hybridized carbons (Fsp3) is 0.571. The molecule has 2 aliphatic rings. The zero-order valence-corrected chi connectivity index (χ0v) is 10.5. The number of halogens is 1. The molecule has 4 heteroatoms. The van der Waals surface area contributed by atoms with Crippen LogP contribution in [0.2, 0.25) is 0 Å². The summed E-state index contributed by atoms with van der Waals surface area (Å²) in [6, 6.07) is 3.44. The molecule has 3 nitrogen and oxygen atoms in total. The van der Waals surface area contributed by atoms with Crippen LogP contribution in [0.3, 0.4) is 0 Å². The zero-order chi connectivity index (χ0) is 12.4. The molecule has 1 fully saturated rings. The summed E-state index contributed by atoms with van der Waals surface area (Å²) in [6.07, 6.45) is 1.66. The van der Waals surface area contributed by atoms with Gasteiger partial charge in [-0.05, 0) is 18.1 Å². The molecular weight excluding hydrogens is 231 g/mol. The van der Waals surface area contributed by atoms with Crippen molar-refractivity contribution in [3.8, 4) is 5.75 Å². The molecule has 2 heterocycles. The molecule has 18 heavy (non-hydrogen) atoms. The molecule has 1 aromatic rings. The summed E-state index contributed by atoms with van der Waals surface area (Å²) >= 11 is 0. The van der Waals surface area contributed by atoms with E-state index in [1.165, 1.54) is 0 Å². The Labute approximate surface area is 107 Å². The third kappa shape index (κ3) is 2.35. The van der Waals surface area contributed by atoms with Gasteiger partial charge in [-0.1, -0.05) is 6.07 Å². The summed E-state index contributed by atoms with van der Waals surface area (Å²) < 4.78 is 19.5. The molecule has 1 saturated heterocycles. The highest BCUT2D eigenvalue weighted by molar-refractivity contribution is 5.45. The molecule has 1 aromatic carbocycles. The van der Waals surface area contributed by atoms with Crippen LogP contribution < -0.4 is 10.1 Å². The number of rotatable bonds is 3. The van der Waals surface area contributed by atoms with E-state index in [1.54, 1.807) is 6.07 Å². The van der Waals surface area contributed by atoms with E-state index in [-0.39, 0.29) is 5.82 Å². The Bertz CT molecular complexity index is 430. The number of fused-ring (bicyclic) bond motifs is 1. The molecule has 98 valence electrons. The van der Waals surface area contributed by atoms with Crippen molar-refractivity contribution in [3.63, 3.8) is 0 Å². The lowest BCUT2D eigenvalue weighted by Crippen LogP contribution is -2.44. The second kappa shape index (κ2) is 5.24. The summed E-state index contributed by atoms with van der Waals surface area (Å²) in [5, 5.41) is 3.33. The van der Waals surface area contributed by atoms with E-state index in [0.29, 0.717) is 6.61 Å². The number of nitrogens with one attached hydrogen (secondary N) is 1. The molecule has 2 aliphatic heterocycles. The number of ether oxygens (including phenoxy) is 1. The van der Waals surface area contributed by atoms with Gasteiger partial charge in [0.15, 0.2) is 0 Å². The number of hydrogen-bond donors (Lipinski definition) is 1. The lowest BCUT2D eigenvalue weighted by atomic mass is 10.0. The minimum absolute atomic E-state index is 0.120. The molecular formula is C14H19FN2O. The van der Waals surface area contributed by atoms with Gasteiger partial charge >= 0.3 is 0 Å². The summed E-state index contributed by atoms with van der Waals surface area (Å²) in [6.45, 7) is 5.78. The Morgan fingerprint density at radius 2 is 2.11 bits per heavy atom. The predicted octanol–water partition coefficient (Wildman–Crippen LogP) is 1.21. The lowest BCUT2D eigenvalue weighted by Gasteiger charge is -2.27. The maximum Gasteiger partial charge on any atom is 0.130 e. The average molecular weight is 250 g/mol. The van der Waals surface area contributed by atoms with Gasteiger partial charge in [0, 0.05) is 44.7 Å². The minimum atomic E-state index is -0.120. The van der Waals surface area contributed by atoms with Crippen LogP contribution in [-0.2, 0) is 12.8 Å². The number of nitrogens with zero attached hydrogens (tertiary/aromatic N) is 1. The van der Waals surface area contributed by atoms with E-state index >= 15 is 0 Å². The molecule has 0 amide bonds. The van der Waals surface area contributed by atoms with Crippen LogP contribution in [0.1, 0.15) is 11.1 Å². The minimum Gasteiger partial charge on any atom is -0.493 e. The normalized spacial score (nSPS) is 19.6. The monoisotopic (exact) mass is 250 g/mol. The molecule has 0 radical (unpaired) electrons. The third-order valence-corrected chi connectivity index (χ3v) is 3.79. The molecule has 0 aliphatic carbocycles. The van der Waals surface area contributed by atoms with E-state index in [4.69, 9.17) is 4.74 Å². The van der Waals surface area contributed by atoms with E-state index in [9.17, 15) is 4.39 Å². The van der Waals surface area contributed by atoms with Crippen LogP contribution in [0.15, 0.2) is 12.1 Å². The van der Waals surface area contributed by atoms with E-state index < -0.39 is 0 Å². The molecule has 3 rings (SSSR count). The molecule has 0 atom stereocenters. The first-order valence-corrected chi connectivity index (χ1v) is 6.71. The molecule has 1 N–H and O–H groups in total. The second-order valence-corrected chi connectivity index (χ2v) is 4.95. The summed E-state index contributed by atoms with van der Waals surface area (Å²) in [5.41, 5.74) is 1.93. The number of benzene rings is 1. The topological polar surface area (TPSA) is 24.5 Å². The maximum atomic E-state index is 13.9. The van der Waals surface area contributed by atoms with Crippen molar-refractivity contribution in [2.45, 2.75) is 12.8 Å². The number of hydrogen-bond acceptors (Lipinski definition) is 3. The molecule has 0 aromatic heterocycles. The highest BCUT2D eigenvalue weighted by Crippen LogP contribution is 2.31. The van der Waals surface area contributed by atoms with Crippen molar-refractivity contribution in [1.82, 2.24) is 10.2 Å². The Kier molecular flexibility index (Phi) is 3.48. The Hall–Kier alpha value is -1.13. The Morgan fingerprint density at radius 1 is 1.28 bits per heavy atom. The van der Waals surface area contributed by atoms with Gasteiger partial charge in [-0.25, -0.2) is 4.39 Å². The Morgan fingerprint density at radius 3 is 2.94 bits per heavy atom. The van der Waals surface area contributed by atoms with Gasteiger partial charge in [0.1, 0.15) is 11.6 Å². The lowest BCUT2D eigenvalue weighted by molar-refractivity contribution is 0.242. The Balaban J connectivity index is 1.70. The van der Waals surface area contributed by atoms with Crippen molar-refractivity contribution in [1.29, 1.82) is 0 Å². The second-order valence-electron chi connectivity index (χ2n) is 4.95. The van der Waals surface area contributed by atoms with E-state index in [2.05, 4.69) is 10.2 Å². The SMILES string of the molecule is Fc1ccc2c(c1CCN1CCNCC1)OCC2. The van der Waals surface area contributed by atoms with Gasteiger partial charge in [-0.2, -0.15) is 0 Å². The van der Waals surface area contributed by atoms with Crippen LogP contribution in [0, 0.1) is 5.82 Å². The van der Waals surface area contributed by atoms with Crippen LogP contribution >= 0.6 is 0 Å². The fourth-order valence-corrected chi connectivity index (χ4v) is 2.73. The van der Waals surface area contributed by atoms with E-state index in [0.717, 1.165) is 62.4 Å². The van der Waals surface area contributed by atoms with Gasteiger partial charge < -0.3 is 15.0 Å². The van der Waals surface area contributed by atoms with Gasteiger partial charge in [-0.15, -0.1) is 0 Å². The van der Waals surface area contributed by atoms with Crippen LogP contribution in [0.25, 0.3) is 0 Å². The van der Waals surface area contributed by atoms with E-state index in [1.807, 2.05) is 6.07 Å². The molecule has 0 spiro atoms. The average Bonchev–Trinajstić information content (AvgIpc) is 2.87. The highest BCUT2D eigenvalue weighted by atomic mass is 19.1. The first-order valence-electron chi connectivity index (χ1n) is 6.71. The standard InChI is InChI=1S/C14H19FN2O/c15-13-2-1-11-4-10-18-14(11)12(13)3-7-17-8-5-16-6-9-17/h1-2,16H,3-10H2. The van der Waals surface area contributed by atoms with Crippen LogP contribution in [0.4, 0.5) is 4.39 Å². The first-order chi connectivity index (χ1) is 8.84. The van der Waals surface area contributed by atoms with Gasteiger partial charge in [0.05, 0.1) is 6.61 Å². The molecule has 0 saturated carbocycles. The smallest absolute Gasteiger partial charge is 0.130 e. The van der Waals surface area contributed by atoms with Crippen LogP contribution in [-0.4, -0.2) is 44.2 Å². The summed E-state index contributed by atoms with van der Waals surface area (Å²) in [4.78, 5) is 2.38. The van der Waals surface area contributed by atoms with Crippen molar-refractivity contribution in [3.05, 3.63) is 29.1 Å².